The summed E-state index contributed by atoms with van der Waals surface area (Å²) < 4.78 is 5.42. The van der Waals surface area contributed by atoms with E-state index in [9.17, 15) is 10.1 Å². The van der Waals surface area contributed by atoms with Crippen LogP contribution >= 0.6 is 27.5 Å². The van der Waals surface area contributed by atoms with Gasteiger partial charge in [0.15, 0.2) is 0 Å². The molecule has 0 radical (unpaired) electrons. The predicted molar refractivity (Wildman–Crippen MR) is 73.5 cm³/mol. The number of nitrogens with zero attached hydrogens (tertiary/aromatic N) is 1. The molecule has 18 heavy (non-hydrogen) atoms. The van der Waals surface area contributed by atoms with Gasteiger partial charge in [-0.1, -0.05) is 33.6 Å². The van der Waals surface area contributed by atoms with Crippen molar-refractivity contribution >= 4 is 33.2 Å². The van der Waals surface area contributed by atoms with Crippen LogP contribution in [0.1, 0.15) is 12.0 Å². The van der Waals surface area contributed by atoms with E-state index < -0.39 is 0 Å². The average molecular weight is 335 g/mol. The van der Waals surface area contributed by atoms with Crippen LogP contribution in [0.15, 0.2) is 18.2 Å². The molecule has 1 aliphatic heterocycles. The summed E-state index contributed by atoms with van der Waals surface area (Å²) in [7, 11) is 0. The summed E-state index contributed by atoms with van der Waals surface area (Å²) in [5.74, 6) is 0.220. The summed E-state index contributed by atoms with van der Waals surface area (Å²) in [6.45, 7) is 1.34. The third-order valence-electron chi connectivity index (χ3n) is 3.14. The second-order valence-electron chi connectivity index (χ2n) is 4.34. The van der Waals surface area contributed by atoms with Crippen LogP contribution in [-0.4, -0.2) is 23.0 Å². The van der Waals surface area contributed by atoms with Crippen molar-refractivity contribution < 1.29 is 9.66 Å². The number of halogens is 2. The van der Waals surface area contributed by atoms with Crippen molar-refractivity contribution in [2.24, 2.45) is 5.92 Å². The number of benzene rings is 1. The molecule has 98 valence electrons. The Morgan fingerprint density at radius 1 is 1.56 bits per heavy atom. The monoisotopic (exact) mass is 333 g/mol. The molecular formula is C12H13BrClNO3. The molecule has 4 nitrogen and oxygen atoms in total. The third kappa shape index (κ3) is 3.02. The van der Waals surface area contributed by atoms with Gasteiger partial charge in [0.05, 0.1) is 16.6 Å². The van der Waals surface area contributed by atoms with Gasteiger partial charge in [0, 0.05) is 23.1 Å². The lowest BCUT2D eigenvalue weighted by atomic mass is 9.93. The van der Waals surface area contributed by atoms with Crippen LogP contribution in [0, 0.1) is 16.0 Å². The maximum Gasteiger partial charge on any atom is 0.274 e. The summed E-state index contributed by atoms with van der Waals surface area (Å²) in [5, 5.41) is 11.5. The summed E-state index contributed by atoms with van der Waals surface area (Å²) >= 11 is 9.69. The first kappa shape index (κ1) is 13.8. The molecule has 0 bridgehead atoms. The largest absolute Gasteiger partial charge is 0.381 e. The fourth-order valence-electron chi connectivity index (χ4n) is 2.14. The van der Waals surface area contributed by atoms with Crippen LogP contribution in [0.5, 0.6) is 0 Å². The molecule has 0 saturated carbocycles. The zero-order valence-corrected chi connectivity index (χ0v) is 12.0. The van der Waals surface area contributed by atoms with Gasteiger partial charge in [-0.05, 0) is 24.8 Å². The first-order chi connectivity index (χ1) is 8.59. The Kier molecular flexibility index (Phi) is 4.59. The molecule has 1 aliphatic rings. The molecule has 1 aromatic carbocycles. The van der Waals surface area contributed by atoms with E-state index in [4.69, 9.17) is 16.3 Å². The normalized spacial score (nSPS) is 23.9. The summed E-state index contributed by atoms with van der Waals surface area (Å²) in [6.07, 6.45) is 1.48. The molecule has 1 heterocycles. The molecule has 0 aliphatic carbocycles. The number of hydrogen-bond acceptors (Lipinski definition) is 3. The Balaban J connectivity index is 2.24. The number of hydrogen-bond donors (Lipinski definition) is 0. The van der Waals surface area contributed by atoms with Crippen molar-refractivity contribution in [3.63, 3.8) is 0 Å². The van der Waals surface area contributed by atoms with Crippen LogP contribution < -0.4 is 0 Å². The molecule has 0 aromatic heterocycles. The first-order valence-corrected chi connectivity index (χ1v) is 7.02. The van der Waals surface area contributed by atoms with E-state index in [0.717, 1.165) is 13.0 Å². The van der Waals surface area contributed by atoms with Crippen molar-refractivity contribution in [2.45, 2.75) is 17.7 Å². The average Bonchev–Trinajstić information content (AvgIpc) is 2.34. The maximum atomic E-state index is 11.0. The first-order valence-electron chi connectivity index (χ1n) is 5.73. The Morgan fingerprint density at radius 3 is 3.00 bits per heavy atom. The van der Waals surface area contributed by atoms with Gasteiger partial charge >= 0.3 is 0 Å². The second kappa shape index (κ2) is 5.99. The lowest BCUT2D eigenvalue weighted by Crippen LogP contribution is -2.29. The number of nitro groups is 1. The third-order valence-corrected chi connectivity index (χ3v) is 4.70. The summed E-state index contributed by atoms with van der Waals surface area (Å²) in [5.41, 5.74) is 0.692. The van der Waals surface area contributed by atoms with Gasteiger partial charge in [-0.25, -0.2) is 0 Å². The maximum absolute atomic E-state index is 11.0. The molecule has 2 unspecified atom stereocenters. The molecule has 2 rings (SSSR count). The standard InChI is InChI=1S/C12H13BrClNO3/c13-10-4-5-18-7-8(10)6-9-11(14)2-1-3-12(9)15(16)17/h1-3,8,10H,4-7H2. The zero-order chi connectivity index (χ0) is 13.1. The molecule has 1 fully saturated rings. The summed E-state index contributed by atoms with van der Waals surface area (Å²) in [6, 6.07) is 4.79. The highest BCUT2D eigenvalue weighted by atomic mass is 79.9. The van der Waals surface area contributed by atoms with Crippen LogP contribution in [0.25, 0.3) is 0 Å². The molecule has 1 saturated heterocycles. The molecule has 1 aromatic rings. The van der Waals surface area contributed by atoms with E-state index in [1.807, 2.05) is 0 Å². The minimum atomic E-state index is -0.381. The minimum Gasteiger partial charge on any atom is -0.381 e. The highest BCUT2D eigenvalue weighted by Gasteiger charge is 2.27. The molecule has 2 atom stereocenters. The van der Waals surface area contributed by atoms with E-state index in [0.29, 0.717) is 28.4 Å². The topological polar surface area (TPSA) is 52.4 Å². The van der Waals surface area contributed by atoms with Gasteiger partial charge in [-0.15, -0.1) is 0 Å². The van der Waals surface area contributed by atoms with Crippen molar-refractivity contribution in [1.29, 1.82) is 0 Å². The molecule has 0 N–H and O–H groups in total. The fourth-order valence-corrected chi connectivity index (χ4v) is 2.91. The number of alkyl halides is 1. The van der Waals surface area contributed by atoms with Crippen molar-refractivity contribution in [1.82, 2.24) is 0 Å². The number of rotatable bonds is 3. The van der Waals surface area contributed by atoms with Gasteiger partial charge in [-0.3, -0.25) is 10.1 Å². The van der Waals surface area contributed by atoms with Crippen molar-refractivity contribution in [3.05, 3.63) is 38.9 Å². The van der Waals surface area contributed by atoms with E-state index in [2.05, 4.69) is 15.9 Å². The van der Waals surface area contributed by atoms with Gasteiger partial charge in [0.25, 0.3) is 5.69 Å². The van der Waals surface area contributed by atoms with Crippen LogP contribution in [0.4, 0.5) is 5.69 Å². The predicted octanol–water partition coefficient (Wildman–Crippen LogP) is 3.59. The van der Waals surface area contributed by atoms with E-state index >= 15 is 0 Å². The quantitative estimate of drug-likeness (QED) is 0.482. The highest BCUT2D eigenvalue weighted by molar-refractivity contribution is 9.09. The molecule has 0 amide bonds. The van der Waals surface area contributed by atoms with E-state index in [1.165, 1.54) is 6.07 Å². The number of ether oxygens (including phenoxy) is 1. The Morgan fingerprint density at radius 2 is 2.33 bits per heavy atom. The minimum absolute atomic E-state index is 0.0905. The van der Waals surface area contributed by atoms with Crippen molar-refractivity contribution in [3.8, 4) is 0 Å². The smallest absolute Gasteiger partial charge is 0.274 e. The van der Waals surface area contributed by atoms with E-state index in [-0.39, 0.29) is 16.5 Å². The second-order valence-corrected chi connectivity index (χ2v) is 5.92. The lowest BCUT2D eigenvalue weighted by molar-refractivity contribution is -0.385. The molecule has 0 spiro atoms. The van der Waals surface area contributed by atoms with Gasteiger partial charge in [0.2, 0.25) is 0 Å². The van der Waals surface area contributed by atoms with Crippen LogP contribution in [0.2, 0.25) is 5.02 Å². The van der Waals surface area contributed by atoms with E-state index in [1.54, 1.807) is 12.1 Å². The lowest BCUT2D eigenvalue weighted by Gasteiger charge is -2.27. The van der Waals surface area contributed by atoms with Crippen LogP contribution in [-0.2, 0) is 11.2 Å². The zero-order valence-electron chi connectivity index (χ0n) is 9.64. The Hall–Kier alpha value is -0.650. The van der Waals surface area contributed by atoms with Crippen molar-refractivity contribution in [2.75, 3.05) is 13.2 Å². The summed E-state index contributed by atoms with van der Waals surface area (Å²) in [4.78, 5) is 10.9. The van der Waals surface area contributed by atoms with Crippen LogP contribution in [0.3, 0.4) is 0 Å². The molecule has 6 heteroatoms. The highest BCUT2D eigenvalue weighted by Crippen LogP contribution is 2.32. The Bertz CT molecular complexity index is 455. The fraction of sp³-hybridized carbons (Fsp3) is 0.500. The SMILES string of the molecule is O=[N+]([O-])c1cccc(Cl)c1CC1COCCC1Br. The van der Waals surface area contributed by atoms with Gasteiger partial charge in [0.1, 0.15) is 0 Å². The van der Waals surface area contributed by atoms with Gasteiger partial charge < -0.3 is 4.74 Å². The van der Waals surface area contributed by atoms with Gasteiger partial charge in [-0.2, -0.15) is 0 Å². The Labute approximate surface area is 119 Å². The molecular weight excluding hydrogens is 321 g/mol. The number of nitro benzene ring substituents is 1.